The summed E-state index contributed by atoms with van der Waals surface area (Å²) in [5.41, 5.74) is -1.82. The topological polar surface area (TPSA) is 190 Å². The number of halogens is 4. The number of carbonyl (C=O) groups excluding carboxylic acids is 4. The number of hydrogen-bond donors (Lipinski definition) is 7. The first-order valence-corrected chi connectivity index (χ1v) is 16.5. The van der Waals surface area contributed by atoms with Gasteiger partial charge in [0.15, 0.2) is 0 Å². The molecule has 1 aromatic heterocycles. The molecule has 0 spiro atoms. The summed E-state index contributed by atoms with van der Waals surface area (Å²) >= 11 is 0. The van der Waals surface area contributed by atoms with Crippen molar-refractivity contribution in [3.8, 4) is 0 Å². The first kappa shape index (κ1) is 35.6. The van der Waals surface area contributed by atoms with Gasteiger partial charge in [-0.15, -0.1) is 0 Å². The molecule has 47 heavy (non-hydrogen) atoms. The summed E-state index contributed by atoms with van der Waals surface area (Å²) in [5.74, 6) is -3.46. The minimum atomic E-state index is -4.65. The highest BCUT2D eigenvalue weighted by molar-refractivity contribution is 7.51. The summed E-state index contributed by atoms with van der Waals surface area (Å²) in [6.45, 7) is -1.02. The minimum Gasteiger partial charge on any atom is -0.358 e. The Balaban J connectivity index is 1.48. The number of benzene rings is 2. The Morgan fingerprint density at radius 2 is 1.64 bits per heavy atom. The van der Waals surface area contributed by atoms with Crippen molar-refractivity contribution in [1.29, 1.82) is 0 Å². The number of para-hydroxylation sites is 1. The van der Waals surface area contributed by atoms with Crippen molar-refractivity contribution in [2.45, 2.75) is 50.2 Å². The van der Waals surface area contributed by atoms with Crippen molar-refractivity contribution in [1.82, 2.24) is 26.3 Å². The summed E-state index contributed by atoms with van der Waals surface area (Å²) < 4.78 is 66.1. The van der Waals surface area contributed by atoms with Gasteiger partial charge in [-0.05, 0) is 48.9 Å². The monoisotopic (exact) mass is 683 g/mol. The number of unbranched alkanes of at least 4 members (excludes halogenated alkanes) is 1. The van der Waals surface area contributed by atoms with Gasteiger partial charge in [0.05, 0.1) is 30.6 Å². The Hall–Kier alpha value is -4.27. The lowest BCUT2D eigenvalue weighted by molar-refractivity contribution is -0.136. The molecule has 0 radical (unpaired) electrons. The van der Waals surface area contributed by atoms with Crippen LogP contribution in [0.4, 0.5) is 17.6 Å². The maximum Gasteiger partial charge on any atom is 0.418 e. The second kappa shape index (κ2) is 14.7. The molecule has 0 bridgehead atoms. The summed E-state index contributed by atoms with van der Waals surface area (Å²) in [6.07, 6.45) is -5.12. The molecule has 1 aliphatic carbocycles. The lowest BCUT2D eigenvalue weighted by atomic mass is 9.78. The zero-order chi connectivity index (χ0) is 34.4. The van der Waals surface area contributed by atoms with Crippen LogP contribution in [0.25, 0.3) is 10.9 Å². The van der Waals surface area contributed by atoms with E-state index >= 15 is 0 Å². The molecular weight excluding hydrogens is 649 g/mol. The van der Waals surface area contributed by atoms with E-state index < -0.39 is 67.4 Å². The number of fused-ring (bicyclic) bond motifs is 3. The van der Waals surface area contributed by atoms with E-state index in [0.717, 1.165) is 6.07 Å². The van der Waals surface area contributed by atoms with Gasteiger partial charge in [-0.2, -0.15) is 13.2 Å². The molecule has 0 fully saturated rings. The van der Waals surface area contributed by atoms with E-state index in [0.29, 0.717) is 11.3 Å². The van der Waals surface area contributed by atoms with Gasteiger partial charge in [0.1, 0.15) is 11.4 Å². The molecule has 1 atom stereocenters. The molecule has 4 amide bonds. The van der Waals surface area contributed by atoms with Gasteiger partial charge in [0, 0.05) is 30.2 Å². The van der Waals surface area contributed by atoms with E-state index in [4.69, 9.17) is 9.79 Å². The number of aryl methyl sites for hydroxylation is 1. The zero-order valence-corrected chi connectivity index (χ0v) is 25.9. The smallest absolute Gasteiger partial charge is 0.358 e. The number of H-pyrrole nitrogens is 1. The maximum absolute atomic E-state index is 13.9. The van der Waals surface area contributed by atoms with Gasteiger partial charge >= 0.3 is 13.8 Å². The second-order valence-electron chi connectivity index (χ2n) is 11.3. The van der Waals surface area contributed by atoms with E-state index in [1.165, 1.54) is 30.3 Å². The van der Waals surface area contributed by atoms with Crippen molar-refractivity contribution < 1.29 is 51.1 Å². The molecular formula is C30H34F4N5O7P. The number of nitrogens with one attached hydrogen (secondary N) is 5. The highest BCUT2D eigenvalue weighted by Gasteiger charge is 2.44. The van der Waals surface area contributed by atoms with E-state index in [2.05, 4.69) is 26.3 Å². The van der Waals surface area contributed by atoms with Crippen molar-refractivity contribution in [3.05, 3.63) is 70.7 Å². The third kappa shape index (κ3) is 9.40. The molecule has 1 heterocycles. The average Bonchev–Trinajstić information content (AvgIpc) is 3.36. The molecule has 0 aliphatic heterocycles. The molecule has 0 saturated heterocycles. The minimum absolute atomic E-state index is 0.0566. The summed E-state index contributed by atoms with van der Waals surface area (Å²) in [7, 11) is -4.17. The number of amides is 4. The van der Waals surface area contributed by atoms with Crippen LogP contribution in [-0.2, 0) is 49.2 Å². The normalized spacial score (nSPS) is 16.3. The van der Waals surface area contributed by atoms with Gasteiger partial charge < -0.3 is 36.0 Å². The quantitative estimate of drug-likeness (QED) is 0.0817. The predicted octanol–water partition coefficient (Wildman–Crippen LogP) is 2.22. The molecule has 12 nitrogen and oxygen atoms in total. The number of hydrogen-bond acceptors (Lipinski definition) is 5. The summed E-state index contributed by atoms with van der Waals surface area (Å²) in [6, 6.07) is 9.25. The molecule has 17 heteroatoms. The Kier molecular flexibility index (Phi) is 11.1. The summed E-state index contributed by atoms with van der Waals surface area (Å²) in [5, 5.41) is 10.2. The lowest BCUT2D eigenvalue weighted by Gasteiger charge is -2.36. The summed E-state index contributed by atoms with van der Waals surface area (Å²) in [4.78, 5) is 72.2. The highest BCUT2D eigenvalue weighted by Crippen LogP contribution is 2.40. The van der Waals surface area contributed by atoms with E-state index in [1.807, 2.05) is 0 Å². The van der Waals surface area contributed by atoms with Crippen LogP contribution in [0.1, 0.15) is 41.6 Å². The van der Waals surface area contributed by atoms with Crippen LogP contribution in [0.3, 0.4) is 0 Å². The van der Waals surface area contributed by atoms with Crippen LogP contribution in [0.5, 0.6) is 0 Å². The van der Waals surface area contributed by atoms with Crippen molar-refractivity contribution in [2.24, 2.45) is 0 Å². The van der Waals surface area contributed by atoms with Crippen LogP contribution in [0.2, 0.25) is 0 Å². The molecule has 1 aliphatic rings. The highest BCUT2D eigenvalue weighted by atomic mass is 31.2. The Morgan fingerprint density at radius 1 is 0.915 bits per heavy atom. The molecule has 254 valence electrons. The molecule has 0 unspecified atom stereocenters. The van der Waals surface area contributed by atoms with Crippen LogP contribution in [-0.4, -0.2) is 69.7 Å². The maximum atomic E-state index is 13.9. The fraction of sp³-hybridized carbons (Fsp3) is 0.400. The van der Waals surface area contributed by atoms with Crippen molar-refractivity contribution in [3.63, 3.8) is 0 Å². The zero-order valence-electron chi connectivity index (χ0n) is 25.0. The van der Waals surface area contributed by atoms with Gasteiger partial charge in [-0.25, -0.2) is 4.39 Å². The van der Waals surface area contributed by atoms with Gasteiger partial charge in [-0.1, -0.05) is 30.3 Å². The molecule has 3 aromatic rings. The van der Waals surface area contributed by atoms with Crippen LogP contribution < -0.4 is 21.3 Å². The number of aromatic amines is 1. The number of rotatable bonds is 13. The first-order chi connectivity index (χ1) is 22.1. The number of alkyl halides is 3. The van der Waals surface area contributed by atoms with Crippen molar-refractivity contribution >= 4 is 42.1 Å². The van der Waals surface area contributed by atoms with Gasteiger partial charge in [-0.3, -0.25) is 23.7 Å². The SMILES string of the molecule is O=C(CNC(=O)[C@@]1(NC(=O)CNC(=O)Cc2ccccc2F)CCc2[nH]c3c(C(F)(F)F)cccc3c2C1)NCCCCP(=O)(O)O. The predicted molar refractivity (Wildman–Crippen MR) is 161 cm³/mol. The fourth-order valence-electron chi connectivity index (χ4n) is 5.49. The van der Waals surface area contributed by atoms with Crippen molar-refractivity contribution in [2.75, 3.05) is 25.8 Å². The third-order valence-corrected chi connectivity index (χ3v) is 8.69. The van der Waals surface area contributed by atoms with Crippen LogP contribution >= 0.6 is 7.60 Å². The van der Waals surface area contributed by atoms with Crippen LogP contribution in [0.15, 0.2) is 42.5 Å². The number of carbonyl (C=O) groups is 4. The Bertz CT molecular complexity index is 1710. The molecule has 2 aromatic carbocycles. The van der Waals surface area contributed by atoms with E-state index in [-0.39, 0.29) is 67.7 Å². The number of aromatic nitrogens is 1. The molecule has 4 rings (SSSR count). The van der Waals surface area contributed by atoms with E-state index in [9.17, 15) is 41.3 Å². The Labute approximate surface area is 266 Å². The lowest BCUT2D eigenvalue weighted by Crippen LogP contribution is -2.63. The van der Waals surface area contributed by atoms with Gasteiger partial charge in [0.25, 0.3) is 0 Å². The average molecular weight is 684 g/mol. The third-order valence-electron chi connectivity index (χ3n) is 7.79. The largest absolute Gasteiger partial charge is 0.418 e. The molecule has 0 saturated carbocycles. The van der Waals surface area contributed by atoms with Gasteiger partial charge in [0.2, 0.25) is 23.6 Å². The second-order valence-corrected chi connectivity index (χ2v) is 13.1. The first-order valence-electron chi connectivity index (χ1n) is 14.7. The molecule has 7 N–H and O–H groups in total. The standard InChI is InChI=1S/C30H34F4N5O7P/c31-22-9-2-1-6-18(22)14-24(40)36-17-26(42)39-29(28(43)37-16-25(41)35-12-3-4-13-47(44,45)46)11-10-23-20(15-29)19-7-5-8-21(27(19)38-23)30(32,33)34/h1-2,5-9,38H,3-4,10-17H2,(H,35,41)(H,36,40)(H,37,43)(H,39,42)(H2,44,45,46)/t29-/m1/s1. The van der Waals surface area contributed by atoms with Crippen LogP contribution in [0, 0.1) is 5.82 Å². The fourth-order valence-corrected chi connectivity index (χ4v) is 6.13. The Morgan fingerprint density at radius 3 is 2.34 bits per heavy atom. The van der Waals surface area contributed by atoms with E-state index in [1.54, 1.807) is 6.07 Å².